The van der Waals surface area contributed by atoms with E-state index in [-0.39, 0.29) is 19.4 Å². The average molecular weight is 697 g/mol. The summed E-state index contributed by atoms with van der Waals surface area (Å²) in [7, 11) is -4.76. The molecule has 0 aliphatic carbocycles. The normalized spacial score (nSPS) is 13.0. The molecule has 0 aliphatic heterocycles. The summed E-state index contributed by atoms with van der Waals surface area (Å²) >= 11 is 0. The van der Waals surface area contributed by atoms with Crippen LogP contribution in [-0.2, 0) is 28.2 Å². The second-order valence-electron chi connectivity index (χ2n) is 12.5. The number of unbranched alkanes of at least 4 members (excludes halogenated alkanes) is 16. The smallest absolute Gasteiger partial charge is 0.462 e. The van der Waals surface area contributed by atoms with Gasteiger partial charge in [-0.05, 0) is 70.6 Å². The van der Waals surface area contributed by atoms with Crippen LogP contribution in [0.25, 0.3) is 0 Å². The maximum absolute atomic E-state index is 12.3. The van der Waals surface area contributed by atoms with Gasteiger partial charge in [-0.3, -0.25) is 14.1 Å². The van der Waals surface area contributed by atoms with Crippen LogP contribution in [0, 0.1) is 0 Å². The second-order valence-corrected chi connectivity index (χ2v) is 13.8. The predicted octanol–water partition coefficient (Wildman–Crippen LogP) is 11.2. The summed E-state index contributed by atoms with van der Waals surface area (Å²) in [5, 5.41) is 0. The van der Waals surface area contributed by atoms with Gasteiger partial charge in [0.25, 0.3) is 0 Å². The quantitative estimate of drug-likeness (QED) is 0.0295. The molecule has 8 nitrogen and oxygen atoms in total. The van der Waals surface area contributed by atoms with Crippen molar-refractivity contribution in [3.05, 3.63) is 48.6 Å². The number of ether oxygens (including phenoxy) is 2. The van der Waals surface area contributed by atoms with Gasteiger partial charge < -0.3 is 19.3 Å². The first-order valence-electron chi connectivity index (χ1n) is 18.9. The van der Waals surface area contributed by atoms with Crippen molar-refractivity contribution in [2.45, 2.75) is 174 Å². The highest BCUT2D eigenvalue weighted by atomic mass is 31.2. The zero-order valence-corrected chi connectivity index (χ0v) is 31.3. The highest BCUT2D eigenvalue weighted by Gasteiger charge is 2.22. The first-order chi connectivity index (χ1) is 23.3. The van der Waals surface area contributed by atoms with Crippen molar-refractivity contribution in [3.8, 4) is 0 Å². The third kappa shape index (κ3) is 36.8. The lowest BCUT2D eigenvalue weighted by Crippen LogP contribution is -2.29. The van der Waals surface area contributed by atoms with Gasteiger partial charge in [-0.25, -0.2) is 4.57 Å². The van der Waals surface area contributed by atoms with Crippen LogP contribution >= 0.6 is 7.82 Å². The van der Waals surface area contributed by atoms with Crippen molar-refractivity contribution < 1.29 is 37.9 Å². The highest BCUT2D eigenvalue weighted by molar-refractivity contribution is 7.46. The number of carbonyl (C=O) groups is 2. The van der Waals surface area contributed by atoms with Crippen molar-refractivity contribution in [3.63, 3.8) is 0 Å². The molecule has 0 rings (SSSR count). The summed E-state index contributed by atoms with van der Waals surface area (Å²) in [6.45, 7) is 3.52. The molecule has 0 aliphatic rings. The van der Waals surface area contributed by atoms with Crippen LogP contribution in [0.1, 0.15) is 168 Å². The summed E-state index contributed by atoms with van der Waals surface area (Å²) in [6, 6.07) is 0. The largest absolute Gasteiger partial charge is 0.469 e. The maximum Gasteiger partial charge on any atom is 0.469 e. The van der Waals surface area contributed by atoms with E-state index < -0.39 is 32.5 Å². The Labute approximate surface area is 293 Å². The number of carbonyl (C=O) groups excluding carboxylic acids is 2. The van der Waals surface area contributed by atoms with Crippen molar-refractivity contribution in [2.75, 3.05) is 13.2 Å². The summed E-state index contributed by atoms with van der Waals surface area (Å²) < 4.78 is 26.3. The van der Waals surface area contributed by atoms with Crippen LogP contribution in [0.4, 0.5) is 0 Å². The Morgan fingerprint density at radius 1 is 0.562 bits per heavy atom. The standard InChI is InChI=1S/C39H69O8P/c1-3-5-7-9-11-13-15-17-18-19-20-22-23-25-27-29-31-33-38(40)45-35-37(36-46-48(42,43)44)47-39(41)34-32-30-28-26-24-21-16-14-12-10-8-6-4-2/h6,8,12,14,17-18,21,24,37H,3-5,7,9-11,13,15-16,19-20,22-23,25-36H2,1-2H3,(H2,42,43,44)/b8-6-,14-12-,18-17-,24-21-. The Kier molecular flexibility index (Phi) is 33.4. The molecule has 278 valence electrons. The molecule has 0 heterocycles. The topological polar surface area (TPSA) is 119 Å². The van der Waals surface area contributed by atoms with E-state index in [1.165, 1.54) is 64.2 Å². The Hall–Kier alpha value is -1.99. The molecular weight excluding hydrogens is 627 g/mol. The third-order valence-corrected chi connectivity index (χ3v) is 8.32. The van der Waals surface area contributed by atoms with Gasteiger partial charge >= 0.3 is 19.8 Å². The fraction of sp³-hybridized carbons (Fsp3) is 0.744. The molecule has 0 bridgehead atoms. The minimum Gasteiger partial charge on any atom is -0.462 e. The molecule has 48 heavy (non-hydrogen) atoms. The van der Waals surface area contributed by atoms with Gasteiger partial charge in [0.15, 0.2) is 6.10 Å². The predicted molar refractivity (Wildman–Crippen MR) is 198 cm³/mol. The number of phosphoric ester groups is 1. The molecule has 0 fully saturated rings. The molecule has 2 N–H and O–H groups in total. The third-order valence-electron chi connectivity index (χ3n) is 7.83. The zero-order valence-electron chi connectivity index (χ0n) is 30.4. The highest BCUT2D eigenvalue weighted by Crippen LogP contribution is 2.36. The molecule has 1 atom stereocenters. The van der Waals surface area contributed by atoms with Crippen LogP contribution in [-0.4, -0.2) is 41.0 Å². The Morgan fingerprint density at radius 2 is 1.00 bits per heavy atom. The Balaban J connectivity index is 4.00. The average Bonchev–Trinajstić information content (AvgIpc) is 3.05. The zero-order chi connectivity index (χ0) is 35.4. The molecule has 0 saturated carbocycles. The molecule has 1 unspecified atom stereocenters. The second kappa shape index (κ2) is 34.9. The lowest BCUT2D eigenvalue weighted by molar-refractivity contribution is -0.161. The number of hydrogen-bond acceptors (Lipinski definition) is 6. The maximum atomic E-state index is 12.3. The summed E-state index contributed by atoms with van der Waals surface area (Å²) in [5.41, 5.74) is 0. The summed E-state index contributed by atoms with van der Waals surface area (Å²) in [5.74, 6) is -0.927. The Morgan fingerprint density at radius 3 is 1.54 bits per heavy atom. The lowest BCUT2D eigenvalue weighted by atomic mass is 10.1. The van der Waals surface area contributed by atoms with Gasteiger partial charge in [0.2, 0.25) is 0 Å². The first-order valence-corrected chi connectivity index (χ1v) is 20.5. The molecule has 0 amide bonds. The van der Waals surface area contributed by atoms with Gasteiger partial charge in [-0.15, -0.1) is 0 Å². The Bertz CT molecular complexity index is 921. The van der Waals surface area contributed by atoms with Crippen LogP contribution in [0.2, 0.25) is 0 Å². The van der Waals surface area contributed by atoms with Crippen LogP contribution in [0.5, 0.6) is 0 Å². The van der Waals surface area contributed by atoms with Crippen LogP contribution in [0.15, 0.2) is 48.6 Å². The molecule has 0 aromatic carbocycles. The fourth-order valence-corrected chi connectivity index (χ4v) is 5.39. The van der Waals surface area contributed by atoms with Gasteiger partial charge in [0.1, 0.15) is 6.61 Å². The number of esters is 2. The lowest BCUT2D eigenvalue weighted by Gasteiger charge is -2.18. The van der Waals surface area contributed by atoms with Crippen LogP contribution < -0.4 is 0 Å². The van der Waals surface area contributed by atoms with Crippen molar-refractivity contribution in [1.29, 1.82) is 0 Å². The minimum atomic E-state index is -4.76. The fourth-order valence-electron chi connectivity index (χ4n) is 5.03. The van der Waals surface area contributed by atoms with E-state index >= 15 is 0 Å². The molecule has 0 aromatic rings. The van der Waals surface area contributed by atoms with E-state index in [4.69, 9.17) is 19.3 Å². The van der Waals surface area contributed by atoms with Gasteiger partial charge in [0.05, 0.1) is 6.61 Å². The van der Waals surface area contributed by atoms with E-state index in [0.717, 1.165) is 64.2 Å². The van der Waals surface area contributed by atoms with Crippen LogP contribution in [0.3, 0.4) is 0 Å². The molecule has 0 saturated heterocycles. The molecule has 0 aromatic heterocycles. The van der Waals surface area contributed by atoms with Crippen molar-refractivity contribution in [1.82, 2.24) is 0 Å². The SMILES string of the molecule is CC/C=C\C/C=C\C/C=C\CCCCCC(=O)OC(COC(=O)CCCCCCCCC/C=C\CCCCCCCC)COP(=O)(O)O. The number of allylic oxidation sites excluding steroid dienone is 8. The monoisotopic (exact) mass is 696 g/mol. The summed E-state index contributed by atoms with van der Waals surface area (Å²) in [4.78, 5) is 42.7. The van der Waals surface area contributed by atoms with Gasteiger partial charge in [0, 0.05) is 12.8 Å². The van der Waals surface area contributed by atoms with Crippen molar-refractivity contribution >= 4 is 19.8 Å². The molecule has 0 radical (unpaired) electrons. The van der Waals surface area contributed by atoms with E-state index in [1.807, 2.05) is 0 Å². The van der Waals surface area contributed by atoms with E-state index in [0.29, 0.717) is 12.8 Å². The summed E-state index contributed by atoms with van der Waals surface area (Å²) in [6.07, 6.45) is 41.2. The number of hydrogen-bond donors (Lipinski definition) is 2. The number of phosphoric acid groups is 1. The number of rotatable bonds is 34. The van der Waals surface area contributed by atoms with Crippen molar-refractivity contribution in [2.24, 2.45) is 0 Å². The van der Waals surface area contributed by atoms with E-state index in [1.54, 1.807) is 0 Å². The van der Waals surface area contributed by atoms with Gasteiger partial charge in [-0.2, -0.15) is 0 Å². The molecule has 0 spiro atoms. The minimum absolute atomic E-state index is 0.175. The molecule has 9 heteroatoms. The van der Waals surface area contributed by atoms with E-state index in [9.17, 15) is 14.2 Å². The first kappa shape index (κ1) is 46.0. The molecular formula is C39H69O8P. The van der Waals surface area contributed by atoms with E-state index in [2.05, 4.69) is 67.0 Å². The van der Waals surface area contributed by atoms with Gasteiger partial charge in [-0.1, -0.05) is 133 Å².